The van der Waals surface area contributed by atoms with Gasteiger partial charge < -0.3 is 19.5 Å². The van der Waals surface area contributed by atoms with Gasteiger partial charge >= 0.3 is 0 Å². The Kier molecular flexibility index (Phi) is 8.70. The van der Waals surface area contributed by atoms with Gasteiger partial charge in [-0.2, -0.15) is 0 Å². The number of methoxy groups -OCH3 is 3. The maximum Gasteiger partial charge on any atom is 0.254 e. The van der Waals surface area contributed by atoms with E-state index in [0.717, 1.165) is 16.1 Å². The predicted octanol–water partition coefficient (Wildman–Crippen LogP) is 4.82. The van der Waals surface area contributed by atoms with Crippen LogP contribution in [0.5, 0.6) is 17.2 Å². The first-order valence-electron chi connectivity index (χ1n) is 11.0. The van der Waals surface area contributed by atoms with Gasteiger partial charge in [0.2, 0.25) is 10.0 Å². The number of nitrogens with zero attached hydrogens (tertiary/aromatic N) is 1. The van der Waals surface area contributed by atoms with Crippen LogP contribution < -0.4 is 23.8 Å². The van der Waals surface area contributed by atoms with Crippen molar-refractivity contribution in [2.24, 2.45) is 0 Å². The summed E-state index contributed by atoms with van der Waals surface area (Å²) in [7, 11) is 0.625. The Morgan fingerprint density at radius 3 is 2.11 bits per heavy atom. The number of amides is 1. The third-order valence-corrected chi connectivity index (χ3v) is 6.99. The highest BCUT2D eigenvalue weighted by molar-refractivity contribution is 7.92. The Labute approximate surface area is 216 Å². The molecule has 8 nitrogen and oxygen atoms in total. The van der Waals surface area contributed by atoms with Crippen LogP contribution in [0.1, 0.15) is 34.5 Å². The summed E-state index contributed by atoms with van der Waals surface area (Å²) in [6, 6.07) is 16.7. The van der Waals surface area contributed by atoms with Crippen LogP contribution in [0.3, 0.4) is 0 Å². The summed E-state index contributed by atoms with van der Waals surface area (Å²) in [4.78, 5) is 13.6. The van der Waals surface area contributed by atoms with Crippen molar-refractivity contribution in [1.82, 2.24) is 5.32 Å². The molecule has 0 aliphatic carbocycles. The van der Waals surface area contributed by atoms with Gasteiger partial charge in [-0.1, -0.05) is 41.9 Å². The monoisotopic (exact) mass is 532 g/mol. The number of anilines is 1. The molecule has 0 unspecified atom stereocenters. The van der Waals surface area contributed by atoms with Crippen LogP contribution in [0.2, 0.25) is 5.02 Å². The maximum absolute atomic E-state index is 13.6. The van der Waals surface area contributed by atoms with Crippen molar-refractivity contribution in [2.75, 3.05) is 31.9 Å². The van der Waals surface area contributed by atoms with Gasteiger partial charge in [0.15, 0.2) is 11.5 Å². The summed E-state index contributed by atoms with van der Waals surface area (Å²) in [5, 5.41) is 3.47. The van der Waals surface area contributed by atoms with Crippen molar-refractivity contribution in [3.8, 4) is 17.2 Å². The highest BCUT2D eigenvalue weighted by atomic mass is 35.5. The average Bonchev–Trinajstić information content (AvgIpc) is 2.86. The number of hydrogen-bond acceptors (Lipinski definition) is 6. The molecule has 0 aliphatic rings. The van der Waals surface area contributed by atoms with E-state index in [4.69, 9.17) is 25.8 Å². The van der Waals surface area contributed by atoms with Crippen molar-refractivity contribution >= 4 is 33.2 Å². The van der Waals surface area contributed by atoms with Gasteiger partial charge in [-0.3, -0.25) is 9.10 Å². The van der Waals surface area contributed by atoms with E-state index < -0.39 is 22.0 Å². The molecule has 0 heterocycles. The number of nitrogens with one attached hydrogen (secondary N) is 1. The number of para-hydroxylation sites is 1. The van der Waals surface area contributed by atoms with Crippen molar-refractivity contribution in [3.05, 3.63) is 82.4 Å². The Morgan fingerprint density at radius 1 is 0.944 bits per heavy atom. The van der Waals surface area contributed by atoms with Crippen molar-refractivity contribution in [2.45, 2.75) is 19.5 Å². The molecule has 0 spiro atoms. The molecule has 3 rings (SSSR count). The molecule has 1 N–H and O–H groups in total. The standard InChI is InChI=1S/C26H29ClN2O6S/c1-17(20-8-6-7-9-23(20)33-2)28-26(30)21-14-24(34-3)25(35-4)15-22(21)29(36(5,31)32)16-18-10-12-19(27)13-11-18/h6-15,17H,16H2,1-5H3,(H,28,30)/t17-/m1/s1. The third kappa shape index (κ3) is 6.22. The first kappa shape index (κ1) is 27.2. The van der Waals surface area contributed by atoms with Gasteiger partial charge in [0.05, 0.1) is 51.4 Å². The fourth-order valence-corrected chi connectivity index (χ4v) is 4.79. The molecule has 1 amide bonds. The summed E-state index contributed by atoms with van der Waals surface area (Å²) in [6.07, 6.45) is 1.08. The number of carbonyl (C=O) groups is 1. The molecule has 192 valence electrons. The minimum absolute atomic E-state index is 0.0200. The summed E-state index contributed by atoms with van der Waals surface area (Å²) in [5.41, 5.74) is 1.72. The molecule has 36 heavy (non-hydrogen) atoms. The van der Waals surface area contributed by atoms with Gasteiger partial charge in [-0.25, -0.2) is 8.42 Å². The molecular weight excluding hydrogens is 504 g/mol. The fraction of sp³-hybridized carbons (Fsp3) is 0.269. The Hall–Kier alpha value is -3.43. The quantitative estimate of drug-likeness (QED) is 0.402. The van der Waals surface area contributed by atoms with E-state index in [9.17, 15) is 13.2 Å². The Morgan fingerprint density at radius 2 is 1.53 bits per heavy atom. The topological polar surface area (TPSA) is 94.2 Å². The number of halogens is 1. The molecule has 0 radical (unpaired) electrons. The van der Waals surface area contributed by atoms with Crippen molar-refractivity contribution < 1.29 is 27.4 Å². The first-order valence-corrected chi connectivity index (χ1v) is 13.2. The largest absolute Gasteiger partial charge is 0.496 e. The van der Waals surface area contributed by atoms with Crippen LogP contribution in [0.4, 0.5) is 5.69 Å². The Balaban J connectivity index is 2.09. The maximum atomic E-state index is 13.6. The van der Waals surface area contributed by atoms with Gasteiger partial charge in [0, 0.05) is 16.7 Å². The van der Waals surface area contributed by atoms with Gasteiger partial charge in [0.1, 0.15) is 5.75 Å². The van der Waals surface area contributed by atoms with Crippen LogP contribution in [0, 0.1) is 0 Å². The number of benzene rings is 3. The van der Waals surface area contributed by atoms with E-state index in [2.05, 4.69) is 5.32 Å². The van der Waals surface area contributed by atoms with Crippen LogP contribution in [-0.2, 0) is 16.6 Å². The third-order valence-electron chi connectivity index (χ3n) is 5.61. The van der Waals surface area contributed by atoms with Crippen LogP contribution in [0.15, 0.2) is 60.7 Å². The zero-order valence-electron chi connectivity index (χ0n) is 20.7. The van der Waals surface area contributed by atoms with E-state index in [1.165, 1.54) is 26.4 Å². The highest BCUT2D eigenvalue weighted by Crippen LogP contribution is 2.37. The molecule has 3 aromatic rings. The molecule has 0 fully saturated rings. The van der Waals surface area contributed by atoms with E-state index in [-0.39, 0.29) is 29.3 Å². The molecule has 0 aliphatic heterocycles. The molecule has 0 bridgehead atoms. The number of sulfonamides is 1. The lowest BCUT2D eigenvalue weighted by molar-refractivity contribution is 0.0939. The fourth-order valence-electron chi connectivity index (χ4n) is 3.77. The van der Waals surface area contributed by atoms with Crippen LogP contribution in [0.25, 0.3) is 0 Å². The molecule has 0 saturated heterocycles. The SMILES string of the molecule is COc1cc(C(=O)N[C@H](C)c2ccccc2OC)c(N(Cc2ccc(Cl)cc2)S(C)(=O)=O)cc1OC. The van der Waals surface area contributed by atoms with Gasteiger partial charge in [-0.05, 0) is 36.8 Å². The van der Waals surface area contributed by atoms with E-state index in [1.54, 1.807) is 37.4 Å². The Bertz CT molecular complexity index is 1330. The van der Waals surface area contributed by atoms with Crippen LogP contribution in [-0.4, -0.2) is 41.9 Å². The number of hydrogen-bond donors (Lipinski definition) is 1. The van der Waals surface area contributed by atoms with Gasteiger partial charge in [-0.15, -0.1) is 0 Å². The smallest absolute Gasteiger partial charge is 0.254 e. The number of rotatable bonds is 10. The summed E-state index contributed by atoms with van der Waals surface area (Å²) in [5.74, 6) is 0.704. The zero-order valence-corrected chi connectivity index (χ0v) is 22.3. The second kappa shape index (κ2) is 11.5. The molecule has 1 atom stereocenters. The minimum atomic E-state index is -3.81. The van der Waals surface area contributed by atoms with E-state index >= 15 is 0 Å². The summed E-state index contributed by atoms with van der Waals surface area (Å²) >= 11 is 5.99. The van der Waals surface area contributed by atoms with Crippen LogP contribution >= 0.6 is 11.6 Å². The highest BCUT2D eigenvalue weighted by Gasteiger charge is 2.27. The zero-order chi connectivity index (χ0) is 26.5. The molecule has 3 aromatic carbocycles. The minimum Gasteiger partial charge on any atom is -0.496 e. The normalized spacial score (nSPS) is 11.9. The second-order valence-electron chi connectivity index (χ2n) is 8.06. The average molecular weight is 533 g/mol. The molecule has 10 heteroatoms. The van der Waals surface area contributed by atoms with E-state index in [0.29, 0.717) is 16.3 Å². The summed E-state index contributed by atoms with van der Waals surface area (Å²) in [6.45, 7) is 1.80. The first-order chi connectivity index (χ1) is 17.1. The lowest BCUT2D eigenvalue weighted by Gasteiger charge is -2.27. The molecular formula is C26H29ClN2O6S. The lowest BCUT2D eigenvalue weighted by atomic mass is 10.1. The number of carbonyl (C=O) groups excluding carboxylic acids is 1. The predicted molar refractivity (Wildman–Crippen MR) is 141 cm³/mol. The van der Waals surface area contributed by atoms with Gasteiger partial charge in [0.25, 0.3) is 5.91 Å². The second-order valence-corrected chi connectivity index (χ2v) is 10.4. The summed E-state index contributed by atoms with van der Waals surface area (Å²) < 4.78 is 43.3. The van der Waals surface area contributed by atoms with E-state index in [1.807, 2.05) is 25.1 Å². The van der Waals surface area contributed by atoms with Crippen molar-refractivity contribution in [3.63, 3.8) is 0 Å². The lowest BCUT2D eigenvalue weighted by Crippen LogP contribution is -2.33. The van der Waals surface area contributed by atoms with Crippen molar-refractivity contribution in [1.29, 1.82) is 0 Å². The molecule has 0 saturated carbocycles. The molecule has 0 aromatic heterocycles. The number of ether oxygens (including phenoxy) is 3.